The first-order valence-corrected chi connectivity index (χ1v) is 6.22. The minimum atomic E-state index is 0.392. The molecule has 0 radical (unpaired) electrons. The molecule has 0 spiro atoms. The molecule has 0 saturated heterocycles. The molecule has 1 N–H and O–H groups in total. The Bertz CT molecular complexity index is 240. The van der Waals surface area contributed by atoms with Crippen molar-refractivity contribution in [2.24, 2.45) is 5.41 Å². The fourth-order valence-corrected chi connectivity index (χ4v) is 2.45. The third kappa shape index (κ3) is 2.79. The quantitative estimate of drug-likeness (QED) is 0.784. The van der Waals surface area contributed by atoms with E-state index >= 15 is 0 Å². The first-order chi connectivity index (χ1) is 6.76. The highest BCUT2D eigenvalue weighted by atomic mass is 32.1. The van der Waals surface area contributed by atoms with Gasteiger partial charge in [0.25, 0.3) is 0 Å². The van der Waals surface area contributed by atoms with Crippen LogP contribution in [0, 0.1) is 5.41 Å². The van der Waals surface area contributed by atoms with Crippen molar-refractivity contribution in [2.45, 2.75) is 33.1 Å². The Labute approximate surface area is 90.8 Å². The molecule has 0 atom stereocenters. The van der Waals surface area contributed by atoms with Crippen LogP contribution in [0.2, 0.25) is 0 Å². The Morgan fingerprint density at radius 1 is 1.43 bits per heavy atom. The summed E-state index contributed by atoms with van der Waals surface area (Å²) < 4.78 is 0. The summed E-state index contributed by atoms with van der Waals surface area (Å²) in [5.41, 5.74) is 3.56. The van der Waals surface area contributed by atoms with E-state index in [1.165, 1.54) is 18.5 Å². The zero-order chi connectivity index (χ0) is 10.4. The van der Waals surface area contributed by atoms with Crippen molar-refractivity contribution in [3.63, 3.8) is 0 Å². The molecule has 0 amide bonds. The average molecular weight is 212 g/mol. The maximum atomic E-state index is 4.37. The Balaban J connectivity index is 2.67. The largest absolute Gasteiger partial charge is 0.319 e. The van der Waals surface area contributed by atoms with Crippen LogP contribution in [0.25, 0.3) is 0 Å². The molecule has 0 aliphatic carbocycles. The maximum absolute atomic E-state index is 4.37. The molecule has 0 bridgehead atoms. The Morgan fingerprint density at radius 3 is 2.57 bits per heavy atom. The molecule has 0 aliphatic heterocycles. The van der Waals surface area contributed by atoms with Crippen LogP contribution in [0.3, 0.4) is 0 Å². The molecule has 3 heteroatoms. The zero-order valence-electron chi connectivity index (χ0n) is 9.34. The van der Waals surface area contributed by atoms with Crippen molar-refractivity contribution in [3.05, 3.63) is 16.6 Å². The third-order valence-electron chi connectivity index (χ3n) is 3.09. The van der Waals surface area contributed by atoms with E-state index in [0.717, 1.165) is 13.0 Å². The number of nitrogens with one attached hydrogen (secondary N) is 1. The number of aromatic nitrogens is 1. The van der Waals surface area contributed by atoms with Crippen molar-refractivity contribution in [3.8, 4) is 0 Å². The normalized spacial score (nSPS) is 11.9. The van der Waals surface area contributed by atoms with Gasteiger partial charge in [-0.1, -0.05) is 13.8 Å². The number of hydrogen-bond acceptors (Lipinski definition) is 3. The molecule has 1 aromatic rings. The van der Waals surface area contributed by atoms with Crippen LogP contribution >= 0.6 is 11.3 Å². The summed E-state index contributed by atoms with van der Waals surface area (Å²) >= 11 is 1.69. The predicted molar refractivity (Wildman–Crippen MR) is 62.8 cm³/mol. The molecule has 1 aromatic heterocycles. The molecule has 0 aromatic carbocycles. The van der Waals surface area contributed by atoms with Crippen LogP contribution in [-0.2, 0) is 6.42 Å². The summed E-state index contributed by atoms with van der Waals surface area (Å²) in [6, 6.07) is 0. The molecule has 0 aliphatic rings. The fraction of sp³-hybridized carbons (Fsp3) is 0.727. The Kier molecular flexibility index (Phi) is 4.55. The topological polar surface area (TPSA) is 24.9 Å². The predicted octanol–water partition coefficient (Wildman–Crippen LogP) is 2.71. The lowest BCUT2D eigenvalue weighted by Gasteiger charge is -2.30. The van der Waals surface area contributed by atoms with Crippen molar-refractivity contribution < 1.29 is 0 Å². The van der Waals surface area contributed by atoms with Crippen molar-refractivity contribution in [1.82, 2.24) is 10.3 Å². The first kappa shape index (κ1) is 11.7. The second kappa shape index (κ2) is 5.47. The number of hydrogen-bond donors (Lipinski definition) is 1. The van der Waals surface area contributed by atoms with Crippen LogP contribution in [0.15, 0.2) is 10.9 Å². The second-order valence-corrected chi connectivity index (χ2v) is 4.61. The molecule has 0 unspecified atom stereocenters. The van der Waals surface area contributed by atoms with Gasteiger partial charge in [-0.05, 0) is 31.7 Å². The SMILES string of the molecule is CCC(CC)(CNC)Cc1cscn1. The van der Waals surface area contributed by atoms with E-state index in [1.54, 1.807) is 11.3 Å². The van der Waals surface area contributed by atoms with Gasteiger partial charge >= 0.3 is 0 Å². The highest BCUT2D eigenvalue weighted by molar-refractivity contribution is 7.07. The van der Waals surface area contributed by atoms with Gasteiger partial charge < -0.3 is 5.32 Å². The fourth-order valence-electron chi connectivity index (χ4n) is 1.90. The van der Waals surface area contributed by atoms with E-state index in [1.807, 2.05) is 12.6 Å². The minimum Gasteiger partial charge on any atom is -0.319 e. The number of thiazole rings is 1. The van der Waals surface area contributed by atoms with Crippen molar-refractivity contribution in [2.75, 3.05) is 13.6 Å². The summed E-state index contributed by atoms with van der Waals surface area (Å²) in [6.45, 7) is 5.62. The lowest BCUT2D eigenvalue weighted by atomic mass is 9.78. The summed E-state index contributed by atoms with van der Waals surface area (Å²) in [6.07, 6.45) is 3.52. The summed E-state index contributed by atoms with van der Waals surface area (Å²) in [7, 11) is 2.03. The smallest absolute Gasteiger partial charge is 0.0794 e. The molecule has 0 fully saturated rings. The van der Waals surface area contributed by atoms with Gasteiger partial charge in [0, 0.05) is 11.9 Å². The summed E-state index contributed by atoms with van der Waals surface area (Å²) in [5.74, 6) is 0. The van der Waals surface area contributed by atoms with Crippen LogP contribution in [0.5, 0.6) is 0 Å². The van der Waals surface area contributed by atoms with E-state index in [0.29, 0.717) is 5.41 Å². The van der Waals surface area contributed by atoms with Gasteiger partial charge in [0.05, 0.1) is 11.2 Å². The molecule has 1 heterocycles. The highest BCUT2D eigenvalue weighted by Gasteiger charge is 2.26. The number of rotatable bonds is 6. The van der Waals surface area contributed by atoms with E-state index in [4.69, 9.17) is 0 Å². The number of nitrogens with zero attached hydrogens (tertiary/aromatic N) is 1. The summed E-state index contributed by atoms with van der Waals surface area (Å²) in [5, 5.41) is 5.46. The Hall–Kier alpha value is -0.410. The van der Waals surface area contributed by atoms with Gasteiger partial charge in [-0.3, -0.25) is 0 Å². The zero-order valence-corrected chi connectivity index (χ0v) is 10.2. The molecule has 2 nitrogen and oxygen atoms in total. The Morgan fingerprint density at radius 2 is 2.14 bits per heavy atom. The minimum absolute atomic E-state index is 0.392. The van der Waals surface area contributed by atoms with E-state index in [-0.39, 0.29) is 0 Å². The maximum Gasteiger partial charge on any atom is 0.0794 e. The second-order valence-electron chi connectivity index (χ2n) is 3.89. The van der Waals surface area contributed by atoms with Gasteiger partial charge in [-0.2, -0.15) is 0 Å². The van der Waals surface area contributed by atoms with Crippen LogP contribution in [0.4, 0.5) is 0 Å². The first-order valence-electron chi connectivity index (χ1n) is 5.28. The van der Waals surface area contributed by atoms with Gasteiger partial charge in [0.1, 0.15) is 0 Å². The lowest BCUT2D eigenvalue weighted by molar-refractivity contribution is 0.251. The van der Waals surface area contributed by atoms with Gasteiger partial charge in [0.15, 0.2) is 0 Å². The van der Waals surface area contributed by atoms with Crippen molar-refractivity contribution in [1.29, 1.82) is 0 Å². The third-order valence-corrected chi connectivity index (χ3v) is 3.73. The monoisotopic (exact) mass is 212 g/mol. The highest BCUT2D eigenvalue weighted by Crippen LogP contribution is 2.29. The molecule has 0 saturated carbocycles. The van der Waals surface area contributed by atoms with Crippen molar-refractivity contribution >= 4 is 11.3 Å². The molecule has 1 rings (SSSR count). The van der Waals surface area contributed by atoms with Gasteiger partial charge in [-0.15, -0.1) is 11.3 Å². The van der Waals surface area contributed by atoms with Gasteiger partial charge in [-0.25, -0.2) is 4.98 Å². The average Bonchev–Trinajstić information content (AvgIpc) is 2.69. The van der Waals surface area contributed by atoms with E-state index in [2.05, 4.69) is 29.5 Å². The molecular formula is C11H20N2S. The van der Waals surface area contributed by atoms with Crippen LogP contribution in [-0.4, -0.2) is 18.6 Å². The van der Waals surface area contributed by atoms with E-state index < -0.39 is 0 Å². The molecule has 80 valence electrons. The lowest BCUT2D eigenvalue weighted by Crippen LogP contribution is -2.33. The van der Waals surface area contributed by atoms with Crippen LogP contribution < -0.4 is 5.32 Å². The van der Waals surface area contributed by atoms with E-state index in [9.17, 15) is 0 Å². The molecule has 14 heavy (non-hydrogen) atoms. The van der Waals surface area contributed by atoms with Crippen LogP contribution in [0.1, 0.15) is 32.4 Å². The summed E-state index contributed by atoms with van der Waals surface area (Å²) in [4.78, 5) is 4.37. The standard InChI is InChI=1S/C11H20N2S/c1-4-11(5-2,8-12-3)6-10-7-14-9-13-10/h7,9,12H,4-6,8H2,1-3H3. The van der Waals surface area contributed by atoms with Gasteiger partial charge in [0.2, 0.25) is 0 Å². The molecular weight excluding hydrogens is 192 g/mol.